The van der Waals surface area contributed by atoms with Crippen LogP contribution in [0.3, 0.4) is 0 Å². The summed E-state index contributed by atoms with van der Waals surface area (Å²) in [7, 11) is 0. The average Bonchev–Trinajstić information content (AvgIpc) is 2.55. The number of hydrogen-bond donors (Lipinski definition) is 3. The number of carbonyl (C=O) groups is 1. The van der Waals surface area contributed by atoms with Gasteiger partial charge in [-0.25, -0.2) is 4.99 Å². The molecular formula is C17H29IN6O. The Labute approximate surface area is 166 Å². The molecule has 2 heterocycles. The summed E-state index contributed by atoms with van der Waals surface area (Å²) in [6.07, 6.45) is 3.74. The van der Waals surface area contributed by atoms with Crippen LogP contribution in [-0.4, -0.2) is 54.0 Å². The third kappa shape index (κ3) is 7.55. The molecule has 1 amide bonds. The van der Waals surface area contributed by atoms with Gasteiger partial charge in [0, 0.05) is 31.9 Å². The van der Waals surface area contributed by atoms with Crippen LogP contribution in [0.15, 0.2) is 23.3 Å². The van der Waals surface area contributed by atoms with Crippen molar-refractivity contribution in [2.75, 3.05) is 26.2 Å². The van der Waals surface area contributed by atoms with Crippen LogP contribution in [0, 0.1) is 6.92 Å². The van der Waals surface area contributed by atoms with E-state index in [2.05, 4.69) is 32.4 Å². The lowest BCUT2D eigenvalue weighted by Gasteiger charge is -2.32. The number of aromatic nitrogens is 1. The number of aliphatic imine (C=N–C) groups is 1. The second-order valence-corrected chi connectivity index (χ2v) is 6.12. The van der Waals surface area contributed by atoms with Crippen LogP contribution >= 0.6 is 24.0 Å². The van der Waals surface area contributed by atoms with Gasteiger partial charge in [-0.1, -0.05) is 6.07 Å². The summed E-state index contributed by atoms with van der Waals surface area (Å²) in [6, 6.07) is 4.34. The van der Waals surface area contributed by atoms with Gasteiger partial charge in [-0.15, -0.1) is 24.0 Å². The number of nitrogens with one attached hydrogen (secondary N) is 2. The molecule has 0 radical (unpaired) electrons. The van der Waals surface area contributed by atoms with Crippen LogP contribution < -0.4 is 16.4 Å². The van der Waals surface area contributed by atoms with Gasteiger partial charge in [-0.3, -0.25) is 14.7 Å². The average molecular weight is 460 g/mol. The van der Waals surface area contributed by atoms with Gasteiger partial charge in [0.15, 0.2) is 5.96 Å². The van der Waals surface area contributed by atoms with Crippen molar-refractivity contribution < 1.29 is 4.79 Å². The molecule has 0 bridgehead atoms. The quantitative estimate of drug-likeness (QED) is 0.335. The minimum absolute atomic E-state index is 0. The van der Waals surface area contributed by atoms with Gasteiger partial charge in [0.2, 0.25) is 5.91 Å². The molecule has 1 aliphatic heterocycles. The molecule has 0 aliphatic carbocycles. The number of nitrogens with zero attached hydrogens (tertiary/aromatic N) is 3. The zero-order valence-electron chi connectivity index (χ0n) is 15.0. The molecular weight excluding hydrogens is 431 g/mol. The standard InChI is InChI=1S/C17H28N6O.HI/c1-3-19-17(21-11-15-13(2)5-4-8-20-15)22-14-6-9-23(10-7-14)12-16(18)24;/h4-5,8,14H,3,6-7,9-12H2,1-2H3,(H2,18,24)(H2,19,21,22);1H. The lowest BCUT2D eigenvalue weighted by molar-refractivity contribution is -0.119. The van der Waals surface area contributed by atoms with Crippen LogP contribution in [0.5, 0.6) is 0 Å². The van der Waals surface area contributed by atoms with E-state index in [1.165, 1.54) is 0 Å². The maximum Gasteiger partial charge on any atom is 0.231 e. The number of pyridine rings is 1. The van der Waals surface area contributed by atoms with Crippen molar-refractivity contribution in [3.63, 3.8) is 0 Å². The summed E-state index contributed by atoms with van der Waals surface area (Å²) in [5, 5.41) is 6.78. The van der Waals surface area contributed by atoms with Gasteiger partial charge in [-0.05, 0) is 38.3 Å². The molecule has 1 aromatic heterocycles. The van der Waals surface area contributed by atoms with Gasteiger partial charge in [0.05, 0.1) is 18.8 Å². The summed E-state index contributed by atoms with van der Waals surface area (Å²) in [4.78, 5) is 22.1. The smallest absolute Gasteiger partial charge is 0.231 e. The van der Waals surface area contributed by atoms with Crippen LogP contribution in [0.1, 0.15) is 31.0 Å². The van der Waals surface area contributed by atoms with Gasteiger partial charge in [-0.2, -0.15) is 0 Å². The zero-order valence-corrected chi connectivity index (χ0v) is 17.3. The topological polar surface area (TPSA) is 95.6 Å². The third-order valence-electron chi connectivity index (χ3n) is 4.16. The second-order valence-electron chi connectivity index (χ2n) is 6.12. The molecule has 25 heavy (non-hydrogen) atoms. The van der Waals surface area contributed by atoms with E-state index in [0.29, 0.717) is 19.1 Å². The predicted molar refractivity (Wildman–Crippen MR) is 111 cm³/mol. The Morgan fingerprint density at radius 1 is 1.44 bits per heavy atom. The molecule has 2 rings (SSSR count). The van der Waals surface area contributed by atoms with Crippen molar-refractivity contribution in [3.05, 3.63) is 29.6 Å². The molecule has 0 unspecified atom stereocenters. The van der Waals surface area contributed by atoms with E-state index >= 15 is 0 Å². The molecule has 0 spiro atoms. The maximum atomic E-state index is 11.0. The monoisotopic (exact) mass is 460 g/mol. The molecule has 1 aromatic rings. The fraction of sp³-hybridized carbons (Fsp3) is 0.588. The van der Waals surface area contributed by atoms with Crippen LogP contribution in [-0.2, 0) is 11.3 Å². The van der Waals surface area contributed by atoms with Crippen LogP contribution in [0.25, 0.3) is 0 Å². The highest BCUT2D eigenvalue weighted by Crippen LogP contribution is 2.10. The van der Waals surface area contributed by atoms with Crippen molar-refractivity contribution in [1.82, 2.24) is 20.5 Å². The van der Waals surface area contributed by atoms with E-state index in [4.69, 9.17) is 5.73 Å². The SMILES string of the molecule is CCNC(=NCc1ncccc1C)NC1CCN(CC(N)=O)CC1.I. The van der Waals surface area contributed by atoms with Crippen molar-refractivity contribution in [1.29, 1.82) is 0 Å². The van der Waals surface area contributed by atoms with Gasteiger partial charge in [0.25, 0.3) is 0 Å². The number of primary amides is 1. The summed E-state index contributed by atoms with van der Waals surface area (Å²) in [5.74, 6) is 0.554. The maximum absolute atomic E-state index is 11.0. The van der Waals surface area contributed by atoms with E-state index in [-0.39, 0.29) is 29.9 Å². The summed E-state index contributed by atoms with van der Waals surface area (Å²) in [5.41, 5.74) is 7.40. The number of nitrogens with two attached hydrogens (primary N) is 1. The van der Waals surface area contributed by atoms with Gasteiger partial charge in [0.1, 0.15) is 0 Å². The normalized spacial score (nSPS) is 16.2. The fourth-order valence-electron chi connectivity index (χ4n) is 2.81. The Bertz CT molecular complexity index is 572. The number of rotatable bonds is 6. The minimum Gasteiger partial charge on any atom is -0.369 e. The van der Waals surface area contributed by atoms with Crippen molar-refractivity contribution in [2.24, 2.45) is 10.7 Å². The molecule has 8 heteroatoms. The summed E-state index contributed by atoms with van der Waals surface area (Å²) < 4.78 is 0. The number of hydrogen-bond acceptors (Lipinski definition) is 4. The Morgan fingerprint density at radius 2 is 2.16 bits per heavy atom. The summed E-state index contributed by atoms with van der Waals surface area (Å²) >= 11 is 0. The third-order valence-corrected chi connectivity index (χ3v) is 4.16. The molecule has 7 nitrogen and oxygen atoms in total. The number of carbonyl (C=O) groups excluding carboxylic acids is 1. The molecule has 0 saturated carbocycles. The van der Waals surface area contributed by atoms with E-state index in [9.17, 15) is 4.79 Å². The van der Waals surface area contributed by atoms with E-state index in [1.807, 2.05) is 19.1 Å². The van der Waals surface area contributed by atoms with Crippen molar-refractivity contribution >= 4 is 35.8 Å². The first-order valence-corrected chi connectivity index (χ1v) is 8.54. The van der Waals surface area contributed by atoms with Gasteiger partial charge < -0.3 is 16.4 Å². The number of aryl methyl sites for hydroxylation is 1. The molecule has 0 atom stereocenters. The Morgan fingerprint density at radius 3 is 2.76 bits per heavy atom. The Balaban J connectivity index is 0.00000312. The van der Waals surface area contributed by atoms with E-state index in [1.54, 1.807) is 6.20 Å². The fourth-order valence-corrected chi connectivity index (χ4v) is 2.81. The first-order chi connectivity index (χ1) is 11.6. The lowest BCUT2D eigenvalue weighted by atomic mass is 10.1. The Kier molecular flexibility index (Phi) is 9.73. The minimum atomic E-state index is -0.262. The highest BCUT2D eigenvalue weighted by molar-refractivity contribution is 14.0. The van der Waals surface area contributed by atoms with E-state index < -0.39 is 0 Å². The van der Waals surface area contributed by atoms with Crippen molar-refractivity contribution in [3.8, 4) is 0 Å². The number of likely N-dealkylation sites (tertiary alicyclic amines) is 1. The molecule has 1 aliphatic rings. The van der Waals surface area contributed by atoms with Crippen LogP contribution in [0.2, 0.25) is 0 Å². The second kappa shape index (κ2) is 11.2. The van der Waals surface area contributed by atoms with Gasteiger partial charge >= 0.3 is 0 Å². The number of halogens is 1. The van der Waals surface area contributed by atoms with E-state index in [0.717, 1.165) is 49.7 Å². The zero-order chi connectivity index (χ0) is 17.4. The molecule has 0 aromatic carbocycles. The number of piperidine rings is 1. The highest BCUT2D eigenvalue weighted by atomic mass is 127. The number of guanidine groups is 1. The molecule has 4 N–H and O–H groups in total. The first kappa shape index (κ1) is 21.6. The first-order valence-electron chi connectivity index (χ1n) is 8.54. The predicted octanol–water partition coefficient (Wildman–Crippen LogP) is 1.01. The largest absolute Gasteiger partial charge is 0.369 e. The molecule has 1 saturated heterocycles. The lowest BCUT2D eigenvalue weighted by Crippen LogP contribution is -2.49. The Hall–Kier alpha value is -1.42. The van der Waals surface area contributed by atoms with Crippen LogP contribution in [0.4, 0.5) is 0 Å². The molecule has 140 valence electrons. The summed E-state index contributed by atoms with van der Waals surface area (Å²) in [6.45, 7) is 7.57. The molecule has 1 fully saturated rings. The number of amides is 1. The highest BCUT2D eigenvalue weighted by Gasteiger charge is 2.20. The van der Waals surface area contributed by atoms with Crippen molar-refractivity contribution in [2.45, 2.75) is 39.3 Å².